The zero-order valence-electron chi connectivity index (χ0n) is 15.0. The predicted molar refractivity (Wildman–Crippen MR) is 99.3 cm³/mol. The average molecular weight is 400 g/mol. The van der Waals surface area contributed by atoms with Gasteiger partial charge in [-0.05, 0) is 42.4 Å². The first-order chi connectivity index (χ1) is 13.3. The Kier molecular flexibility index (Phi) is 5.59. The van der Waals surface area contributed by atoms with Crippen molar-refractivity contribution in [2.75, 3.05) is 5.32 Å². The monoisotopic (exact) mass is 400 g/mol. The third-order valence-corrected chi connectivity index (χ3v) is 4.98. The smallest absolute Gasteiger partial charge is 0.298 e. The van der Waals surface area contributed by atoms with Gasteiger partial charge in [-0.3, -0.25) is 14.9 Å². The maximum Gasteiger partial charge on any atom is 0.298 e. The first-order valence-electron chi connectivity index (χ1n) is 8.23. The van der Waals surface area contributed by atoms with E-state index in [2.05, 4.69) is 10.6 Å². The second-order valence-electron chi connectivity index (χ2n) is 5.97. The molecule has 0 aliphatic heterocycles. The molecule has 1 atom stereocenters. The molecule has 2 aromatic carbocycles. The Bertz CT molecular complexity index is 1000. The van der Waals surface area contributed by atoms with Gasteiger partial charge in [-0.2, -0.15) is 0 Å². The number of rotatable bonds is 6. The number of nitrogens with one attached hydrogen (secondary N) is 1. The highest BCUT2D eigenvalue weighted by molar-refractivity contribution is 8.00. The lowest BCUT2D eigenvalue weighted by Crippen LogP contribution is -2.36. The summed E-state index contributed by atoms with van der Waals surface area (Å²) < 4.78 is 6.11. The fourth-order valence-corrected chi connectivity index (χ4v) is 3.19. The Balaban J connectivity index is 1.73. The van der Waals surface area contributed by atoms with E-state index in [1.165, 1.54) is 28.9 Å². The summed E-state index contributed by atoms with van der Waals surface area (Å²) >= 11 is 1.01. The first-order valence-corrected chi connectivity index (χ1v) is 9.11. The summed E-state index contributed by atoms with van der Waals surface area (Å²) in [4.78, 5) is 22.6. The number of hydrogen-bond acceptors (Lipinski definition) is 7. The van der Waals surface area contributed by atoms with Crippen LogP contribution in [0.4, 0.5) is 11.4 Å². The predicted octanol–water partition coefficient (Wildman–Crippen LogP) is 2.36. The molecule has 0 aliphatic carbocycles. The van der Waals surface area contributed by atoms with E-state index < -0.39 is 16.1 Å². The summed E-state index contributed by atoms with van der Waals surface area (Å²) in [6, 6.07) is 12.8. The lowest BCUT2D eigenvalue weighted by Gasteiger charge is -2.10. The molecule has 0 bridgehead atoms. The summed E-state index contributed by atoms with van der Waals surface area (Å²) in [7, 11) is 0. The van der Waals surface area contributed by atoms with Crippen LogP contribution in [0, 0.1) is 17.0 Å². The molecule has 0 aliphatic rings. The third-order valence-electron chi connectivity index (χ3n) is 3.85. The Labute approximate surface area is 164 Å². The van der Waals surface area contributed by atoms with E-state index in [4.69, 9.17) is 4.52 Å². The number of thioether (sulfide) groups is 1. The molecular weight excluding hydrogens is 384 g/mol. The number of carbonyl (C=O) groups is 1. The van der Waals surface area contributed by atoms with Gasteiger partial charge in [0.2, 0.25) is 11.6 Å². The minimum absolute atomic E-state index is 0.0694. The van der Waals surface area contributed by atoms with Crippen LogP contribution in [0.3, 0.4) is 0 Å². The van der Waals surface area contributed by atoms with E-state index >= 15 is 0 Å². The maximum absolute atomic E-state index is 12.4. The number of aryl methyl sites for hydroxylation is 1. The van der Waals surface area contributed by atoms with Crippen LogP contribution in [0.15, 0.2) is 58.1 Å². The number of nitro groups is 1. The maximum atomic E-state index is 12.4. The molecule has 9 nitrogen and oxygen atoms in total. The molecule has 10 heteroatoms. The highest BCUT2D eigenvalue weighted by Gasteiger charge is 2.26. The molecule has 144 valence electrons. The second kappa shape index (κ2) is 8.09. The van der Waals surface area contributed by atoms with Crippen LogP contribution >= 0.6 is 11.8 Å². The van der Waals surface area contributed by atoms with E-state index in [0.29, 0.717) is 11.4 Å². The number of amides is 1. The van der Waals surface area contributed by atoms with Crippen molar-refractivity contribution in [1.29, 1.82) is 0 Å². The number of benzene rings is 2. The second-order valence-corrected chi connectivity index (χ2v) is 7.30. The SMILES string of the molecule is Cc1ccc(-[n+]2noc([O-])c2SC(C)C(=O)Nc2ccc([N+](=O)[O-])cc2)cc1. The van der Waals surface area contributed by atoms with Crippen LogP contribution < -0.4 is 15.1 Å². The van der Waals surface area contributed by atoms with Crippen LogP contribution in [0.2, 0.25) is 0 Å². The van der Waals surface area contributed by atoms with Gasteiger partial charge in [0, 0.05) is 30.0 Å². The average Bonchev–Trinajstić information content (AvgIpc) is 3.03. The molecular formula is C18H16N4O5S. The van der Waals surface area contributed by atoms with Crippen LogP contribution in [0.5, 0.6) is 5.95 Å². The van der Waals surface area contributed by atoms with E-state index in [-0.39, 0.29) is 16.6 Å². The van der Waals surface area contributed by atoms with E-state index in [0.717, 1.165) is 17.3 Å². The molecule has 1 amide bonds. The Morgan fingerprint density at radius 3 is 2.46 bits per heavy atom. The summed E-state index contributed by atoms with van der Waals surface area (Å²) in [5, 5.41) is 28.7. The highest BCUT2D eigenvalue weighted by atomic mass is 32.2. The highest BCUT2D eigenvalue weighted by Crippen LogP contribution is 2.28. The van der Waals surface area contributed by atoms with Crippen LogP contribution in [0.1, 0.15) is 12.5 Å². The molecule has 1 aromatic heterocycles. The molecule has 0 saturated heterocycles. The molecule has 28 heavy (non-hydrogen) atoms. The topological polar surface area (TPSA) is 125 Å². The van der Waals surface area contributed by atoms with E-state index in [9.17, 15) is 20.0 Å². The molecule has 1 unspecified atom stereocenters. The fourth-order valence-electron chi connectivity index (χ4n) is 2.32. The lowest BCUT2D eigenvalue weighted by molar-refractivity contribution is -0.705. The zero-order chi connectivity index (χ0) is 20.3. The van der Waals surface area contributed by atoms with Gasteiger partial charge in [0.05, 0.1) is 15.4 Å². The number of non-ortho nitro benzene ring substituents is 1. The van der Waals surface area contributed by atoms with Crippen LogP contribution in [0.25, 0.3) is 5.69 Å². The summed E-state index contributed by atoms with van der Waals surface area (Å²) in [5.41, 5.74) is 2.05. The van der Waals surface area contributed by atoms with Gasteiger partial charge in [0.1, 0.15) is 0 Å². The lowest BCUT2D eigenvalue weighted by atomic mass is 10.2. The molecule has 0 fully saturated rings. The van der Waals surface area contributed by atoms with Crippen molar-refractivity contribution in [3.05, 3.63) is 64.2 Å². The van der Waals surface area contributed by atoms with Crippen LogP contribution in [-0.4, -0.2) is 21.4 Å². The summed E-state index contributed by atoms with van der Waals surface area (Å²) in [6.07, 6.45) is 0. The number of carbonyl (C=O) groups excluding carboxylic acids is 1. The zero-order valence-corrected chi connectivity index (χ0v) is 15.8. The van der Waals surface area contributed by atoms with Gasteiger partial charge in [-0.25, -0.2) is 0 Å². The molecule has 3 aromatic rings. The normalized spacial score (nSPS) is 11.8. The number of hydrogen-bond donors (Lipinski definition) is 1. The van der Waals surface area contributed by atoms with Crippen molar-refractivity contribution in [2.45, 2.75) is 24.1 Å². The fraction of sp³-hybridized carbons (Fsp3) is 0.167. The van der Waals surface area contributed by atoms with Gasteiger partial charge < -0.3 is 14.9 Å². The Hall–Kier alpha value is -3.40. The van der Waals surface area contributed by atoms with Gasteiger partial charge in [-0.15, -0.1) is 0 Å². The molecule has 0 spiro atoms. The Morgan fingerprint density at radius 1 is 1.21 bits per heavy atom. The minimum atomic E-state index is -0.640. The number of nitrogens with zero attached hydrogens (tertiary/aromatic N) is 3. The molecule has 1 N–H and O–H groups in total. The Morgan fingerprint density at radius 2 is 1.86 bits per heavy atom. The molecule has 0 radical (unpaired) electrons. The van der Waals surface area contributed by atoms with Gasteiger partial charge in [0.15, 0.2) is 5.95 Å². The number of anilines is 1. The largest absolute Gasteiger partial charge is 0.538 e. The van der Waals surface area contributed by atoms with Crippen molar-refractivity contribution in [3.63, 3.8) is 0 Å². The molecule has 3 rings (SSSR count). The molecule has 1 heterocycles. The molecule has 0 saturated carbocycles. The first kappa shape index (κ1) is 19.4. The van der Waals surface area contributed by atoms with E-state index in [1.54, 1.807) is 19.1 Å². The standard InChI is InChI=1S/C18H16N4O5S/c1-11-3-7-14(8-4-11)21-17(18(24)27-20-21)28-12(2)16(23)19-13-5-9-15(10-6-13)22(25)26/h3-10,12H,1-2H3,(H-,19,20,23,24). The third kappa shape index (κ3) is 4.29. The van der Waals surface area contributed by atoms with Crippen molar-refractivity contribution in [1.82, 2.24) is 5.27 Å². The summed E-state index contributed by atoms with van der Waals surface area (Å²) in [5.74, 6) is -1.00. The van der Waals surface area contributed by atoms with Gasteiger partial charge in [0.25, 0.3) is 10.7 Å². The van der Waals surface area contributed by atoms with E-state index in [1.807, 2.05) is 19.1 Å². The number of nitro benzene ring substituents is 1. The van der Waals surface area contributed by atoms with Gasteiger partial charge >= 0.3 is 0 Å². The van der Waals surface area contributed by atoms with Crippen LogP contribution in [-0.2, 0) is 4.79 Å². The quantitative estimate of drug-likeness (QED) is 0.291. The minimum Gasteiger partial charge on any atom is -0.538 e. The van der Waals surface area contributed by atoms with Gasteiger partial charge in [-0.1, -0.05) is 17.7 Å². The van der Waals surface area contributed by atoms with Crippen molar-refractivity contribution in [2.24, 2.45) is 0 Å². The van der Waals surface area contributed by atoms with Crippen molar-refractivity contribution >= 4 is 29.0 Å². The summed E-state index contributed by atoms with van der Waals surface area (Å²) in [6.45, 7) is 3.58. The van der Waals surface area contributed by atoms with Crippen molar-refractivity contribution in [3.8, 4) is 11.6 Å². The van der Waals surface area contributed by atoms with Crippen molar-refractivity contribution < 1.29 is 24.0 Å². The number of aromatic nitrogens is 2.